The van der Waals surface area contributed by atoms with Gasteiger partial charge in [-0.05, 0) is 31.1 Å². The van der Waals surface area contributed by atoms with Gasteiger partial charge in [-0.1, -0.05) is 60.7 Å². The summed E-state index contributed by atoms with van der Waals surface area (Å²) >= 11 is 0. The van der Waals surface area contributed by atoms with Gasteiger partial charge in [0.1, 0.15) is 0 Å². The van der Waals surface area contributed by atoms with E-state index in [9.17, 15) is 5.11 Å². The van der Waals surface area contributed by atoms with E-state index in [1.165, 1.54) is 0 Å². The van der Waals surface area contributed by atoms with Gasteiger partial charge in [0.15, 0.2) is 0 Å². The molecular formula is C18H18O2. The number of ether oxygens (including phenoxy) is 1. The Labute approximate surface area is 119 Å². The third-order valence-electron chi connectivity index (χ3n) is 3.67. The van der Waals surface area contributed by atoms with Crippen molar-refractivity contribution in [2.75, 3.05) is 0 Å². The number of hydrogen-bond donors (Lipinski definition) is 1. The Kier molecular flexibility index (Phi) is 3.00. The van der Waals surface area contributed by atoms with Gasteiger partial charge in [0.2, 0.25) is 5.79 Å². The maximum absolute atomic E-state index is 10.8. The summed E-state index contributed by atoms with van der Waals surface area (Å²) in [6, 6.07) is 17.7. The smallest absolute Gasteiger partial charge is 0.214 e. The highest BCUT2D eigenvalue weighted by Gasteiger charge is 2.46. The predicted octanol–water partition coefficient (Wildman–Crippen LogP) is 3.81. The second-order valence-corrected chi connectivity index (χ2v) is 5.60. The van der Waals surface area contributed by atoms with E-state index in [4.69, 9.17) is 4.74 Å². The zero-order valence-corrected chi connectivity index (χ0v) is 11.7. The lowest BCUT2D eigenvalue weighted by atomic mass is 9.93. The summed E-state index contributed by atoms with van der Waals surface area (Å²) in [4.78, 5) is 0. The molecule has 0 bridgehead atoms. The Balaban J connectivity index is 2.00. The molecule has 0 radical (unpaired) electrons. The van der Waals surface area contributed by atoms with Crippen LogP contribution in [0.1, 0.15) is 30.5 Å². The quantitative estimate of drug-likeness (QED) is 0.895. The van der Waals surface area contributed by atoms with E-state index in [2.05, 4.69) is 0 Å². The summed E-state index contributed by atoms with van der Waals surface area (Å²) in [6.07, 6.45) is 3.61. The van der Waals surface area contributed by atoms with E-state index in [-0.39, 0.29) is 0 Å². The Morgan fingerprint density at radius 1 is 0.900 bits per heavy atom. The molecule has 1 N–H and O–H groups in total. The Bertz CT molecular complexity index is 643. The first-order chi connectivity index (χ1) is 9.51. The summed E-state index contributed by atoms with van der Waals surface area (Å²) in [5, 5.41) is 10.8. The van der Waals surface area contributed by atoms with Crippen molar-refractivity contribution in [2.24, 2.45) is 0 Å². The number of hydrogen-bond acceptors (Lipinski definition) is 2. The summed E-state index contributed by atoms with van der Waals surface area (Å²) < 4.78 is 5.90. The molecular weight excluding hydrogens is 248 g/mol. The van der Waals surface area contributed by atoms with E-state index >= 15 is 0 Å². The van der Waals surface area contributed by atoms with Crippen molar-refractivity contribution in [3.8, 4) is 0 Å². The average molecular weight is 266 g/mol. The normalized spacial score (nSPS) is 23.9. The van der Waals surface area contributed by atoms with Gasteiger partial charge in [0.05, 0.1) is 5.60 Å². The summed E-state index contributed by atoms with van der Waals surface area (Å²) in [7, 11) is 0. The van der Waals surface area contributed by atoms with E-state index in [1.807, 2.05) is 74.5 Å². The molecule has 2 aromatic rings. The van der Waals surface area contributed by atoms with Crippen LogP contribution in [0.2, 0.25) is 0 Å². The molecule has 0 unspecified atom stereocenters. The SMILES string of the molecule is CC1(C)O[C@@](O)(/C=C\c2ccccc2)c2ccccc21. The van der Waals surface area contributed by atoms with Crippen molar-refractivity contribution in [2.45, 2.75) is 25.2 Å². The molecule has 2 nitrogen and oxygen atoms in total. The van der Waals surface area contributed by atoms with Crippen molar-refractivity contribution >= 4 is 6.08 Å². The Morgan fingerprint density at radius 3 is 2.20 bits per heavy atom. The van der Waals surface area contributed by atoms with E-state index < -0.39 is 11.4 Å². The summed E-state index contributed by atoms with van der Waals surface area (Å²) in [5.41, 5.74) is 2.39. The Morgan fingerprint density at radius 2 is 1.50 bits per heavy atom. The molecule has 1 heterocycles. The fraction of sp³-hybridized carbons (Fsp3) is 0.222. The molecule has 20 heavy (non-hydrogen) atoms. The van der Waals surface area contributed by atoms with Crippen LogP contribution in [0.5, 0.6) is 0 Å². The first-order valence-electron chi connectivity index (χ1n) is 6.78. The van der Waals surface area contributed by atoms with Crippen LogP contribution in [0.3, 0.4) is 0 Å². The van der Waals surface area contributed by atoms with Crippen LogP contribution in [0.15, 0.2) is 60.7 Å². The summed E-state index contributed by atoms with van der Waals surface area (Å²) in [5.74, 6) is -1.37. The van der Waals surface area contributed by atoms with Crippen molar-refractivity contribution in [1.82, 2.24) is 0 Å². The third-order valence-corrected chi connectivity index (χ3v) is 3.67. The van der Waals surface area contributed by atoms with Gasteiger partial charge in [0, 0.05) is 5.56 Å². The molecule has 0 fully saturated rings. The van der Waals surface area contributed by atoms with Gasteiger partial charge in [-0.3, -0.25) is 0 Å². The first kappa shape index (κ1) is 13.1. The molecule has 1 atom stereocenters. The molecule has 0 aromatic heterocycles. The van der Waals surface area contributed by atoms with Crippen LogP contribution in [-0.4, -0.2) is 5.11 Å². The van der Waals surface area contributed by atoms with Crippen LogP contribution in [0, 0.1) is 0 Å². The van der Waals surface area contributed by atoms with Crippen LogP contribution in [0.25, 0.3) is 6.08 Å². The highest BCUT2D eigenvalue weighted by atomic mass is 16.6. The molecule has 0 aliphatic carbocycles. The second-order valence-electron chi connectivity index (χ2n) is 5.60. The van der Waals surface area contributed by atoms with E-state index in [0.29, 0.717) is 0 Å². The standard InChI is InChI=1S/C18H18O2/c1-17(2)15-10-6-7-11-16(15)18(19,20-17)13-12-14-8-4-3-5-9-14/h3-13,19H,1-2H3/b13-12-/t18-/m0/s1. The van der Waals surface area contributed by atoms with Crippen molar-refractivity contribution in [3.63, 3.8) is 0 Å². The van der Waals surface area contributed by atoms with E-state index in [1.54, 1.807) is 6.08 Å². The maximum atomic E-state index is 10.8. The lowest BCUT2D eigenvalue weighted by Gasteiger charge is -2.24. The lowest BCUT2D eigenvalue weighted by Crippen LogP contribution is -2.26. The monoisotopic (exact) mass is 266 g/mol. The zero-order chi connectivity index (χ0) is 14.2. The first-order valence-corrected chi connectivity index (χ1v) is 6.78. The van der Waals surface area contributed by atoms with Crippen LogP contribution in [0.4, 0.5) is 0 Å². The van der Waals surface area contributed by atoms with Gasteiger partial charge < -0.3 is 9.84 Å². The zero-order valence-electron chi connectivity index (χ0n) is 11.7. The molecule has 102 valence electrons. The van der Waals surface area contributed by atoms with Gasteiger partial charge in [0.25, 0.3) is 0 Å². The highest BCUT2D eigenvalue weighted by molar-refractivity contribution is 5.53. The lowest BCUT2D eigenvalue weighted by molar-refractivity contribution is -0.217. The van der Waals surface area contributed by atoms with Gasteiger partial charge in [-0.15, -0.1) is 0 Å². The minimum Gasteiger partial charge on any atom is -0.359 e. The number of fused-ring (bicyclic) bond motifs is 1. The second kappa shape index (κ2) is 4.58. The van der Waals surface area contributed by atoms with Crippen molar-refractivity contribution in [1.29, 1.82) is 0 Å². The fourth-order valence-electron chi connectivity index (χ4n) is 2.72. The number of benzene rings is 2. The number of aliphatic hydroxyl groups is 1. The molecule has 0 saturated heterocycles. The number of rotatable bonds is 2. The minimum atomic E-state index is -1.37. The average Bonchev–Trinajstić information content (AvgIpc) is 2.66. The molecule has 3 rings (SSSR count). The largest absolute Gasteiger partial charge is 0.359 e. The predicted molar refractivity (Wildman–Crippen MR) is 79.9 cm³/mol. The fourth-order valence-corrected chi connectivity index (χ4v) is 2.72. The molecule has 2 aromatic carbocycles. The van der Waals surface area contributed by atoms with Gasteiger partial charge >= 0.3 is 0 Å². The molecule has 1 aliphatic rings. The van der Waals surface area contributed by atoms with Gasteiger partial charge in [-0.2, -0.15) is 0 Å². The highest BCUT2D eigenvalue weighted by Crippen LogP contribution is 2.46. The topological polar surface area (TPSA) is 29.5 Å². The van der Waals surface area contributed by atoms with Crippen molar-refractivity contribution in [3.05, 3.63) is 77.4 Å². The molecule has 0 spiro atoms. The van der Waals surface area contributed by atoms with Crippen LogP contribution in [-0.2, 0) is 16.1 Å². The summed E-state index contributed by atoms with van der Waals surface area (Å²) in [6.45, 7) is 3.94. The molecule has 2 heteroatoms. The molecule has 1 aliphatic heterocycles. The van der Waals surface area contributed by atoms with E-state index in [0.717, 1.165) is 16.7 Å². The van der Waals surface area contributed by atoms with Crippen LogP contribution < -0.4 is 0 Å². The maximum Gasteiger partial charge on any atom is 0.214 e. The Hall–Kier alpha value is -1.90. The van der Waals surface area contributed by atoms with Crippen LogP contribution >= 0.6 is 0 Å². The third kappa shape index (κ3) is 2.17. The van der Waals surface area contributed by atoms with Gasteiger partial charge in [-0.25, -0.2) is 0 Å². The van der Waals surface area contributed by atoms with Crippen molar-refractivity contribution < 1.29 is 9.84 Å². The minimum absolute atomic E-state index is 0.494. The molecule has 0 saturated carbocycles. The molecule has 0 amide bonds.